The molecule has 0 radical (unpaired) electrons. The van der Waals surface area contributed by atoms with Crippen molar-refractivity contribution < 1.29 is 5.11 Å². The third-order valence-electron chi connectivity index (χ3n) is 5.15. The van der Waals surface area contributed by atoms with Crippen molar-refractivity contribution in [2.75, 3.05) is 14.1 Å². The van der Waals surface area contributed by atoms with E-state index in [4.69, 9.17) is 0 Å². The van der Waals surface area contributed by atoms with E-state index in [2.05, 4.69) is 30.8 Å². The standard InChI is InChI=1S/C22H25NO/c1-23(2)21(15-9-10-16-21)17-18-22(24,19-11-5-3-6-12-19)20-13-7-4-8-14-20/h3-8,11-14,24H,9-10,15-16H2,1-2H3. The topological polar surface area (TPSA) is 23.5 Å². The molecule has 0 aliphatic heterocycles. The first-order valence-electron chi connectivity index (χ1n) is 8.62. The third kappa shape index (κ3) is 3.11. The van der Waals surface area contributed by atoms with Crippen LogP contribution in [0.5, 0.6) is 0 Å². The highest BCUT2D eigenvalue weighted by atomic mass is 16.3. The van der Waals surface area contributed by atoms with E-state index < -0.39 is 5.60 Å². The molecule has 2 aromatic rings. The first kappa shape index (κ1) is 16.8. The molecule has 0 spiro atoms. The highest BCUT2D eigenvalue weighted by molar-refractivity contribution is 5.45. The maximum atomic E-state index is 11.5. The van der Waals surface area contributed by atoms with Crippen molar-refractivity contribution in [3.63, 3.8) is 0 Å². The van der Waals surface area contributed by atoms with Gasteiger partial charge in [0.15, 0.2) is 5.60 Å². The smallest absolute Gasteiger partial charge is 0.176 e. The van der Waals surface area contributed by atoms with Crippen LogP contribution in [0.3, 0.4) is 0 Å². The maximum Gasteiger partial charge on any atom is 0.176 e. The van der Waals surface area contributed by atoms with Gasteiger partial charge in [0.1, 0.15) is 0 Å². The Balaban J connectivity index is 2.09. The molecule has 2 heteroatoms. The fourth-order valence-corrected chi connectivity index (χ4v) is 3.52. The Morgan fingerprint density at radius 1 is 0.875 bits per heavy atom. The van der Waals surface area contributed by atoms with Crippen molar-refractivity contribution in [3.05, 3.63) is 71.8 Å². The lowest BCUT2D eigenvalue weighted by molar-refractivity contribution is 0.143. The second-order valence-corrected chi connectivity index (χ2v) is 6.83. The Bertz CT molecular complexity index is 679. The molecule has 2 aromatic carbocycles. The zero-order valence-corrected chi connectivity index (χ0v) is 14.5. The third-order valence-corrected chi connectivity index (χ3v) is 5.15. The molecule has 1 aliphatic rings. The molecular weight excluding hydrogens is 294 g/mol. The van der Waals surface area contributed by atoms with Crippen molar-refractivity contribution >= 4 is 0 Å². The predicted molar refractivity (Wildman–Crippen MR) is 98.5 cm³/mol. The molecule has 0 saturated heterocycles. The van der Waals surface area contributed by atoms with Crippen molar-refractivity contribution in [3.8, 4) is 11.8 Å². The minimum atomic E-state index is -1.28. The van der Waals surface area contributed by atoms with Crippen LogP contribution in [0.25, 0.3) is 0 Å². The van der Waals surface area contributed by atoms with E-state index in [1.807, 2.05) is 60.7 Å². The minimum Gasteiger partial charge on any atom is -0.369 e. The van der Waals surface area contributed by atoms with Crippen molar-refractivity contribution in [1.82, 2.24) is 4.90 Å². The average Bonchev–Trinajstić information content (AvgIpc) is 3.12. The molecule has 24 heavy (non-hydrogen) atoms. The maximum absolute atomic E-state index is 11.5. The molecule has 0 bridgehead atoms. The van der Waals surface area contributed by atoms with E-state index in [9.17, 15) is 5.11 Å². The number of nitrogens with zero attached hydrogens (tertiary/aromatic N) is 1. The zero-order valence-electron chi connectivity index (χ0n) is 14.5. The Labute approximate surface area is 145 Å². The first-order chi connectivity index (χ1) is 11.6. The molecule has 1 fully saturated rings. The molecule has 124 valence electrons. The Kier molecular flexibility index (Phi) is 4.76. The van der Waals surface area contributed by atoms with Gasteiger partial charge in [-0.05, 0) is 26.9 Å². The zero-order chi connectivity index (χ0) is 17.0. The second kappa shape index (κ2) is 6.81. The van der Waals surface area contributed by atoms with Crippen LogP contribution in [-0.2, 0) is 5.60 Å². The summed E-state index contributed by atoms with van der Waals surface area (Å²) in [6.45, 7) is 0. The van der Waals surface area contributed by atoms with Gasteiger partial charge in [0.25, 0.3) is 0 Å². The second-order valence-electron chi connectivity index (χ2n) is 6.83. The fourth-order valence-electron chi connectivity index (χ4n) is 3.52. The van der Waals surface area contributed by atoms with Crippen LogP contribution in [0.1, 0.15) is 36.8 Å². The Morgan fingerprint density at radius 3 is 1.75 bits per heavy atom. The van der Waals surface area contributed by atoms with E-state index in [1.54, 1.807) is 0 Å². The molecule has 0 unspecified atom stereocenters. The molecule has 0 heterocycles. The summed E-state index contributed by atoms with van der Waals surface area (Å²) in [5, 5.41) is 11.5. The summed E-state index contributed by atoms with van der Waals surface area (Å²) in [4.78, 5) is 2.21. The number of hydrogen-bond donors (Lipinski definition) is 1. The molecule has 0 atom stereocenters. The lowest BCUT2D eigenvalue weighted by Crippen LogP contribution is -2.40. The summed E-state index contributed by atoms with van der Waals surface area (Å²) in [6.07, 6.45) is 4.52. The lowest BCUT2D eigenvalue weighted by Gasteiger charge is -2.32. The van der Waals surface area contributed by atoms with Gasteiger partial charge in [-0.3, -0.25) is 4.90 Å². The quantitative estimate of drug-likeness (QED) is 0.870. The highest BCUT2D eigenvalue weighted by Gasteiger charge is 2.36. The monoisotopic (exact) mass is 319 g/mol. The van der Waals surface area contributed by atoms with E-state index in [1.165, 1.54) is 12.8 Å². The molecule has 0 aromatic heterocycles. The van der Waals surface area contributed by atoms with Crippen LogP contribution >= 0.6 is 0 Å². The Hall–Kier alpha value is -2.08. The van der Waals surface area contributed by atoms with E-state index in [0.29, 0.717) is 0 Å². The van der Waals surface area contributed by atoms with Crippen LogP contribution in [0.15, 0.2) is 60.7 Å². The summed E-state index contributed by atoms with van der Waals surface area (Å²) in [6, 6.07) is 19.5. The van der Waals surface area contributed by atoms with Crippen molar-refractivity contribution in [2.24, 2.45) is 0 Å². The summed E-state index contributed by atoms with van der Waals surface area (Å²) >= 11 is 0. The molecule has 1 saturated carbocycles. The van der Waals surface area contributed by atoms with Crippen LogP contribution < -0.4 is 0 Å². The summed E-state index contributed by atoms with van der Waals surface area (Å²) in [7, 11) is 4.17. The van der Waals surface area contributed by atoms with Gasteiger partial charge in [-0.15, -0.1) is 0 Å². The van der Waals surface area contributed by atoms with Gasteiger partial charge < -0.3 is 5.11 Å². The van der Waals surface area contributed by atoms with Crippen LogP contribution in [0.2, 0.25) is 0 Å². The summed E-state index contributed by atoms with van der Waals surface area (Å²) < 4.78 is 0. The number of benzene rings is 2. The highest BCUT2D eigenvalue weighted by Crippen LogP contribution is 2.35. The van der Waals surface area contributed by atoms with Gasteiger partial charge in [-0.1, -0.05) is 85.3 Å². The molecule has 3 rings (SSSR count). The van der Waals surface area contributed by atoms with Crippen molar-refractivity contribution in [1.29, 1.82) is 0 Å². The van der Waals surface area contributed by atoms with Gasteiger partial charge in [-0.25, -0.2) is 0 Å². The molecular formula is C22H25NO. The summed E-state index contributed by atoms with van der Waals surface area (Å²) in [5.74, 6) is 6.71. The molecule has 1 aliphatic carbocycles. The van der Waals surface area contributed by atoms with E-state index >= 15 is 0 Å². The summed E-state index contributed by atoms with van der Waals surface area (Å²) in [5.41, 5.74) is 0.220. The van der Waals surface area contributed by atoms with Crippen LogP contribution in [0, 0.1) is 11.8 Å². The van der Waals surface area contributed by atoms with Gasteiger partial charge in [0.2, 0.25) is 0 Å². The minimum absolute atomic E-state index is 0.127. The lowest BCUT2D eigenvalue weighted by atomic mass is 9.85. The van der Waals surface area contributed by atoms with E-state index in [-0.39, 0.29) is 5.54 Å². The molecule has 2 nitrogen and oxygen atoms in total. The largest absolute Gasteiger partial charge is 0.369 e. The van der Waals surface area contributed by atoms with Gasteiger partial charge in [0, 0.05) is 11.1 Å². The first-order valence-corrected chi connectivity index (χ1v) is 8.62. The number of rotatable bonds is 3. The van der Waals surface area contributed by atoms with Crippen LogP contribution in [0.4, 0.5) is 0 Å². The average molecular weight is 319 g/mol. The molecule has 0 amide bonds. The van der Waals surface area contributed by atoms with E-state index in [0.717, 1.165) is 24.0 Å². The SMILES string of the molecule is CN(C)C1(C#CC(O)(c2ccccc2)c2ccccc2)CCCC1. The van der Waals surface area contributed by atoms with Crippen molar-refractivity contribution in [2.45, 2.75) is 36.8 Å². The van der Waals surface area contributed by atoms with Gasteiger partial charge >= 0.3 is 0 Å². The Morgan fingerprint density at radius 2 is 1.33 bits per heavy atom. The predicted octanol–water partition coefficient (Wildman–Crippen LogP) is 3.80. The van der Waals surface area contributed by atoms with Crippen LogP contribution in [-0.4, -0.2) is 29.6 Å². The van der Waals surface area contributed by atoms with Gasteiger partial charge in [-0.2, -0.15) is 0 Å². The number of hydrogen-bond acceptors (Lipinski definition) is 2. The van der Waals surface area contributed by atoms with Gasteiger partial charge in [0.05, 0.1) is 5.54 Å². The number of aliphatic hydroxyl groups is 1. The molecule has 1 N–H and O–H groups in total. The normalized spacial score (nSPS) is 16.7. The fraction of sp³-hybridized carbons (Fsp3) is 0.364.